The molecular formula is C9H6BrFO3. The Kier molecular flexibility index (Phi) is 3.00. The number of halogens is 2. The molecule has 1 rings (SSSR count). The van der Waals surface area contributed by atoms with E-state index in [1.54, 1.807) is 0 Å². The van der Waals surface area contributed by atoms with Crippen molar-refractivity contribution in [3.63, 3.8) is 0 Å². The van der Waals surface area contributed by atoms with Gasteiger partial charge in [-0.3, -0.25) is 4.79 Å². The topological polar surface area (TPSA) is 54.4 Å². The van der Waals surface area contributed by atoms with Crippen molar-refractivity contribution < 1.29 is 19.1 Å². The number of carbonyl (C=O) groups excluding carboxylic acids is 1. The molecule has 0 spiro atoms. The molecule has 0 aliphatic carbocycles. The number of rotatable bonds is 2. The Bertz CT molecular complexity index is 392. The Morgan fingerprint density at radius 3 is 2.43 bits per heavy atom. The fraction of sp³-hybridized carbons (Fsp3) is 0.111. The summed E-state index contributed by atoms with van der Waals surface area (Å²) in [4.78, 5) is 21.4. The number of hydrogen-bond donors (Lipinski definition) is 1. The number of benzene rings is 1. The van der Waals surface area contributed by atoms with Crippen LogP contribution < -0.4 is 0 Å². The molecule has 74 valence electrons. The van der Waals surface area contributed by atoms with Crippen molar-refractivity contribution in [2.45, 2.75) is 6.92 Å². The lowest BCUT2D eigenvalue weighted by Crippen LogP contribution is -2.13. The number of ketones is 1. The van der Waals surface area contributed by atoms with Gasteiger partial charge in [0.25, 0.3) is 5.78 Å². The van der Waals surface area contributed by atoms with Crippen LogP contribution in [0.4, 0.5) is 4.39 Å². The Balaban J connectivity index is 3.26. The third kappa shape index (κ3) is 1.98. The average molecular weight is 261 g/mol. The van der Waals surface area contributed by atoms with Crippen LogP contribution in [-0.4, -0.2) is 16.9 Å². The molecule has 3 nitrogen and oxygen atoms in total. The second kappa shape index (κ2) is 3.88. The molecule has 0 amide bonds. The zero-order valence-corrected chi connectivity index (χ0v) is 8.76. The van der Waals surface area contributed by atoms with Gasteiger partial charge in [-0.05, 0) is 40.5 Å². The molecule has 0 radical (unpaired) electrons. The first-order valence-electron chi connectivity index (χ1n) is 3.66. The second-order valence-corrected chi connectivity index (χ2v) is 3.58. The number of Topliss-reactive ketones (excluding diaryl/α,β-unsaturated/α-hetero) is 1. The molecule has 1 aromatic rings. The molecule has 0 heterocycles. The number of carbonyl (C=O) groups is 2. The first kappa shape index (κ1) is 10.8. The van der Waals surface area contributed by atoms with E-state index in [-0.39, 0.29) is 15.6 Å². The number of carboxylic acid groups (broad SMARTS) is 1. The first-order chi connectivity index (χ1) is 6.43. The van der Waals surface area contributed by atoms with Gasteiger partial charge in [-0.2, -0.15) is 0 Å². The average Bonchev–Trinajstić information content (AvgIpc) is 2.12. The van der Waals surface area contributed by atoms with Gasteiger partial charge in [0.05, 0.1) is 4.47 Å². The zero-order valence-electron chi connectivity index (χ0n) is 7.17. The highest BCUT2D eigenvalue weighted by molar-refractivity contribution is 9.10. The number of hydrogen-bond acceptors (Lipinski definition) is 2. The summed E-state index contributed by atoms with van der Waals surface area (Å²) in [5.74, 6) is -3.09. The van der Waals surface area contributed by atoms with E-state index in [0.29, 0.717) is 0 Å². The molecule has 0 saturated heterocycles. The van der Waals surface area contributed by atoms with Gasteiger partial charge in [0.1, 0.15) is 5.82 Å². The summed E-state index contributed by atoms with van der Waals surface area (Å²) >= 11 is 2.89. The smallest absolute Gasteiger partial charge is 0.377 e. The molecule has 14 heavy (non-hydrogen) atoms. The fourth-order valence-corrected chi connectivity index (χ4v) is 1.54. The van der Waals surface area contributed by atoms with E-state index >= 15 is 0 Å². The standard InChI is InChI=1S/C9H6BrFO3/c1-4-2-5(8(12)9(13)14)3-6(10)7(4)11/h2-3H,1H3,(H,13,14). The zero-order chi connectivity index (χ0) is 10.9. The first-order valence-corrected chi connectivity index (χ1v) is 4.46. The summed E-state index contributed by atoms with van der Waals surface area (Å²) in [7, 11) is 0. The van der Waals surface area contributed by atoms with Crippen LogP contribution in [0.15, 0.2) is 16.6 Å². The van der Waals surface area contributed by atoms with Gasteiger partial charge in [-0.25, -0.2) is 9.18 Å². The van der Waals surface area contributed by atoms with Crippen molar-refractivity contribution in [2.24, 2.45) is 0 Å². The minimum atomic E-state index is -1.55. The van der Waals surface area contributed by atoms with Gasteiger partial charge in [0.2, 0.25) is 0 Å². The minimum Gasteiger partial charge on any atom is -0.475 e. The normalized spacial score (nSPS) is 9.93. The van der Waals surface area contributed by atoms with Crippen molar-refractivity contribution in [2.75, 3.05) is 0 Å². The predicted molar refractivity (Wildman–Crippen MR) is 50.8 cm³/mol. The maximum Gasteiger partial charge on any atom is 0.377 e. The molecule has 0 aliphatic heterocycles. The predicted octanol–water partition coefficient (Wildman–Crippen LogP) is 2.16. The van der Waals surface area contributed by atoms with Gasteiger partial charge in [0, 0.05) is 5.56 Å². The highest BCUT2D eigenvalue weighted by Crippen LogP contribution is 2.21. The van der Waals surface area contributed by atoms with Gasteiger partial charge in [0.15, 0.2) is 0 Å². The lowest BCUT2D eigenvalue weighted by Gasteiger charge is -2.02. The molecule has 0 aromatic heterocycles. The van der Waals surface area contributed by atoms with E-state index in [4.69, 9.17) is 5.11 Å². The maximum absolute atomic E-state index is 13.1. The summed E-state index contributed by atoms with van der Waals surface area (Å²) in [5.41, 5.74) is 0.187. The van der Waals surface area contributed by atoms with E-state index in [9.17, 15) is 14.0 Å². The van der Waals surface area contributed by atoms with E-state index in [2.05, 4.69) is 15.9 Å². The Morgan fingerprint density at radius 2 is 2.00 bits per heavy atom. The Hall–Kier alpha value is -1.23. The molecule has 1 N–H and O–H groups in total. The largest absolute Gasteiger partial charge is 0.475 e. The van der Waals surface area contributed by atoms with Gasteiger partial charge < -0.3 is 5.11 Å². The summed E-state index contributed by atoms with van der Waals surface area (Å²) in [6.07, 6.45) is 0. The molecule has 0 saturated carbocycles. The molecule has 0 aliphatic rings. The lowest BCUT2D eigenvalue weighted by molar-refractivity contribution is -0.131. The van der Waals surface area contributed by atoms with Crippen molar-refractivity contribution in [1.82, 2.24) is 0 Å². The van der Waals surface area contributed by atoms with Crippen LogP contribution in [0.25, 0.3) is 0 Å². The van der Waals surface area contributed by atoms with Gasteiger partial charge >= 0.3 is 5.97 Å². The van der Waals surface area contributed by atoms with E-state index < -0.39 is 17.6 Å². The Labute approximate surface area is 87.7 Å². The quantitative estimate of drug-likeness (QED) is 0.655. The van der Waals surface area contributed by atoms with Crippen LogP contribution >= 0.6 is 15.9 Å². The van der Waals surface area contributed by atoms with Gasteiger partial charge in [-0.15, -0.1) is 0 Å². The van der Waals surface area contributed by atoms with Crippen LogP contribution in [0.1, 0.15) is 15.9 Å². The SMILES string of the molecule is Cc1cc(C(=O)C(=O)O)cc(Br)c1F. The summed E-state index contributed by atoms with van der Waals surface area (Å²) in [6.45, 7) is 1.46. The minimum absolute atomic E-state index is 0.0386. The van der Waals surface area contributed by atoms with Crippen molar-refractivity contribution in [3.8, 4) is 0 Å². The van der Waals surface area contributed by atoms with Crippen LogP contribution in [0.5, 0.6) is 0 Å². The van der Waals surface area contributed by atoms with Crippen molar-refractivity contribution >= 4 is 27.7 Å². The van der Waals surface area contributed by atoms with Crippen molar-refractivity contribution in [1.29, 1.82) is 0 Å². The second-order valence-electron chi connectivity index (χ2n) is 2.72. The molecule has 0 unspecified atom stereocenters. The monoisotopic (exact) mass is 260 g/mol. The third-order valence-corrected chi connectivity index (χ3v) is 2.24. The van der Waals surface area contributed by atoms with E-state index in [1.165, 1.54) is 13.0 Å². The highest BCUT2D eigenvalue weighted by Gasteiger charge is 2.17. The fourth-order valence-electron chi connectivity index (χ4n) is 0.981. The summed E-state index contributed by atoms with van der Waals surface area (Å²) in [6, 6.07) is 2.36. The Morgan fingerprint density at radius 1 is 1.43 bits per heavy atom. The van der Waals surface area contributed by atoms with E-state index in [1.807, 2.05) is 0 Å². The third-order valence-electron chi connectivity index (χ3n) is 1.67. The van der Waals surface area contributed by atoms with Crippen LogP contribution in [0.2, 0.25) is 0 Å². The molecule has 0 atom stereocenters. The number of carboxylic acids is 1. The van der Waals surface area contributed by atoms with Crippen LogP contribution in [-0.2, 0) is 4.79 Å². The molecule has 0 fully saturated rings. The molecule has 1 aromatic carbocycles. The highest BCUT2D eigenvalue weighted by atomic mass is 79.9. The molecular weight excluding hydrogens is 255 g/mol. The van der Waals surface area contributed by atoms with Crippen LogP contribution in [0, 0.1) is 12.7 Å². The maximum atomic E-state index is 13.1. The van der Waals surface area contributed by atoms with Crippen LogP contribution in [0.3, 0.4) is 0 Å². The lowest BCUT2D eigenvalue weighted by atomic mass is 10.1. The van der Waals surface area contributed by atoms with Gasteiger partial charge in [-0.1, -0.05) is 0 Å². The number of aryl methyl sites for hydroxylation is 1. The molecule has 5 heteroatoms. The summed E-state index contributed by atoms with van der Waals surface area (Å²) < 4.78 is 13.2. The van der Waals surface area contributed by atoms with E-state index in [0.717, 1.165) is 6.07 Å². The van der Waals surface area contributed by atoms with Crippen molar-refractivity contribution in [3.05, 3.63) is 33.5 Å². The number of aliphatic carboxylic acids is 1. The summed E-state index contributed by atoms with van der Waals surface area (Å²) in [5, 5.41) is 8.43. The molecule has 0 bridgehead atoms.